The third-order valence-electron chi connectivity index (χ3n) is 3.76. The van der Waals surface area contributed by atoms with Gasteiger partial charge in [0.15, 0.2) is 0 Å². The summed E-state index contributed by atoms with van der Waals surface area (Å²) in [5.41, 5.74) is 5.88. The van der Waals surface area contributed by atoms with E-state index in [0.717, 1.165) is 38.5 Å². The molecule has 2 unspecified atom stereocenters. The van der Waals surface area contributed by atoms with E-state index in [1.165, 1.54) is 0 Å². The molecule has 5 heteroatoms. The minimum atomic E-state index is -4.07. The predicted molar refractivity (Wildman–Crippen MR) is 60.6 cm³/mol. The minimum Gasteiger partial charge on any atom is -0.328 e. The highest BCUT2D eigenvalue weighted by molar-refractivity contribution is 4.88. The van der Waals surface area contributed by atoms with E-state index in [0.29, 0.717) is 12.5 Å². The normalized spacial score (nSPS) is 30.9. The standard InChI is InChI=1S/C12H21F3N2/c13-12(14,15)8-17(11-4-5-11)7-9-2-1-3-10(16)6-9/h9-11H,1-8,16H2. The van der Waals surface area contributed by atoms with E-state index in [1.807, 2.05) is 0 Å². The summed E-state index contributed by atoms with van der Waals surface area (Å²) in [6.07, 6.45) is 1.80. The molecule has 0 aromatic heterocycles. The Morgan fingerprint density at radius 1 is 1.12 bits per heavy atom. The van der Waals surface area contributed by atoms with Crippen LogP contribution in [0, 0.1) is 5.92 Å². The zero-order valence-corrected chi connectivity index (χ0v) is 10.0. The molecule has 0 bridgehead atoms. The maximum atomic E-state index is 12.5. The molecule has 0 radical (unpaired) electrons. The van der Waals surface area contributed by atoms with Crippen LogP contribution in [0.1, 0.15) is 38.5 Å². The fourth-order valence-electron chi connectivity index (χ4n) is 2.84. The first-order chi connectivity index (χ1) is 7.94. The van der Waals surface area contributed by atoms with Crippen LogP contribution in [-0.2, 0) is 0 Å². The third-order valence-corrected chi connectivity index (χ3v) is 3.76. The van der Waals surface area contributed by atoms with Crippen LogP contribution >= 0.6 is 0 Å². The van der Waals surface area contributed by atoms with Crippen LogP contribution in [0.4, 0.5) is 13.2 Å². The van der Waals surface area contributed by atoms with E-state index in [1.54, 1.807) is 4.90 Å². The van der Waals surface area contributed by atoms with Crippen molar-refractivity contribution in [2.75, 3.05) is 13.1 Å². The molecule has 17 heavy (non-hydrogen) atoms. The number of rotatable bonds is 4. The van der Waals surface area contributed by atoms with Crippen molar-refractivity contribution >= 4 is 0 Å². The van der Waals surface area contributed by atoms with E-state index in [-0.39, 0.29) is 12.1 Å². The Labute approximate surface area is 100 Å². The molecule has 100 valence electrons. The second-order valence-corrected chi connectivity index (χ2v) is 5.57. The largest absolute Gasteiger partial charge is 0.401 e. The van der Waals surface area contributed by atoms with Gasteiger partial charge in [0.05, 0.1) is 6.54 Å². The van der Waals surface area contributed by atoms with Crippen LogP contribution in [-0.4, -0.2) is 36.2 Å². The Kier molecular flexibility index (Phi) is 3.98. The van der Waals surface area contributed by atoms with Gasteiger partial charge in [-0.3, -0.25) is 4.90 Å². The van der Waals surface area contributed by atoms with Crippen LogP contribution < -0.4 is 5.73 Å². The van der Waals surface area contributed by atoms with Gasteiger partial charge in [0.2, 0.25) is 0 Å². The first-order valence-electron chi connectivity index (χ1n) is 6.50. The second kappa shape index (κ2) is 5.14. The van der Waals surface area contributed by atoms with E-state index >= 15 is 0 Å². The fraction of sp³-hybridized carbons (Fsp3) is 1.00. The molecule has 2 N–H and O–H groups in total. The lowest BCUT2D eigenvalue weighted by Gasteiger charge is -2.32. The molecule has 2 fully saturated rings. The number of nitrogens with zero attached hydrogens (tertiary/aromatic N) is 1. The highest BCUT2D eigenvalue weighted by atomic mass is 19.4. The van der Waals surface area contributed by atoms with Gasteiger partial charge >= 0.3 is 6.18 Å². The van der Waals surface area contributed by atoms with Crippen molar-refractivity contribution in [3.8, 4) is 0 Å². The van der Waals surface area contributed by atoms with Gasteiger partial charge in [-0.15, -0.1) is 0 Å². The Hall–Kier alpha value is -0.290. The summed E-state index contributed by atoms with van der Waals surface area (Å²) in [5.74, 6) is 0.363. The molecule has 2 nitrogen and oxygen atoms in total. The zero-order chi connectivity index (χ0) is 12.5. The predicted octanol–water partition coefficient (Wildman–Crippen LogP) is 2.53. The Balaban J connectivity index is 1.84. The molecule has 0 saturated heterocycles. The van der Waals surface area contributed by atoms with Crippen molar-refractivity contribution in [1.29, 1.82) is 0 Å². The van der Waals surface area contributed by atoms with Crippen LogP contribution in [0.5, 0.6) is 0 Å². The smallest absolute Gasteiger partial charge is 0.328 e. The number of hydrogen-bond acceptors (Lipinski definition) is 2. The molecule has 0 aliphatic heterocycles. The maximum absolute atomic E-state index is 12.5. The van der Waals surface area contributed by atoms with Crippen LogP contribution in [0.3, 0.4) is 0 Å². The molecule has 2 rings (SSSR count). The molecule has 0 spiro atoms. The van der Waals surface area contributed by atoms with Gasteiger partial charge in [-0.1, -0.05) is 6.42 Å². The van der Waals surface area contributed by atoms with Gasteiger partial charge in [0.25, 0.3) is 0 Å². The number of halogens is 3. The number of nitrogens with two attached hydrogens (primary N) is 1. The lowest BCUT2D eigenvalue weighted by molar-refractivity contribution is -0.148. The van der Waals surface area contributed by atoms with Gasteiger partial charge < -0.3 is 5.73 Å². The van der Waals surface area contributed by atoms with Crippen molar-refractivity contribution in [2.24, 2.45) is 11.7 Å². The van der Waals surface area contributed by atoms with E-state index in [4.69, 9.17) is 5.73 Å². The van der Waals surface area contributed by atoms with Gasteiger partial charge in [0.1, 0.15) is 0 Å². The summed E-state index contributed by atoms with van der Waals surface area (Å²) < 4.78 is 37.4. The van der Waals surface area contributed by atoms with E-state index in [2.05, 4.69) is 0 Å². The van der Waals surface area contributed by atoms with Gasteiger partial charge in [-0.25, -0.2) is 0 Å². The summed E-state index contributed by atoms with van der Waals surface area (Å²) in [6.45, 7) is -0.165. The third kappa shape index (κ3) is 4.47. The van der Waals surface area contributed by atoms with Crippen molar-refractivity contribution in [2.45, 2.75) is 56.8 Å². The van der Waals surface area contributed by atoms with E-state index in [9.17, 15) is 13.2 Å². The van der Waals surface area contributed by atoms with Crippen molar-refractivity contribution in [1.82, 2.24) is 4.90 Å². The van der Waals surface area contributed by atoms with Crippen molar-refractivity contribution in [3.63, 3.8) is 0 Å². The number of hydrogen-bond donors (Lipinski definition) is 1. The fourth-order valence-corrected chi connectivity index (χ4v) is 2.84. The highest BCUT2D eigenvalue weighted by Crippen LogP contribution is 2.33. The SMILES string of the molecule is NC1CCCC(CN(CC(F)(F)F)C2CC2)C1. The first kappa shape index (κ1) is 13.1. The number of alkyl halides is 3. The topological polar surface area (TPSA) is 29.3 Å². The van der Waals surface area contributed by atoms with Crippen LogP contribution in [0.15, 0.2) is 0 Å². The molecular weight excluding hydrogens is 229 g/mol. The quantitative estimate of drug-likeness (QED) is 0.830. The summed E-state index contributed by atoms with van der Waals surface area (Å²) in [7, 11) is 0. The van der Waals surface area contributed by atoms with Gasteiger partial charge in [0, 0.05) is 18.6 Å². The summed E-state index contributed by atoms with van der Waals surface area (Å²) in [5, 5.41) is 0. The average molecular weight is 250 g/mol. The molecule has 2 aliphatic carbocycles. The molecular formula is C12H21F3N2. The summed E-state index contributed by atoms with van der Waals surface area (Å²) >= 11 is 0. The molecule has 0 amide bonds. The first-order valence-corrected chi connectivity index (χ1v) is 6.50. The van der Waals surface area contributed by atoms with E-state index < -0.39 is 12.7 Å². The van der Waals surface area contributed by atoms with Crippen LogP contribution in [0.25, 0.3) is 0 Å². The zero-order valence-electron chi connectivity index (χ0n) is 10.0. The molecule has 2 atom stereocenters. The highest BCUT2D eigenvalue weighted by Gasteiger charge is 2.39. The van der Waals surface area contributed by atoms with Crippen molar-refractivity contribution in [3.05, 3.63) is 0 Å². The van der Waals surface area contributed by atoms with Gasteiger partial charge in [-0.05, 0) is 38.0 Å². The Morgan fingerprint density at radius 2 is 1.82 bits per heavy atom. The molecule has 0 aromatic carbocycles. The average Bonchev–Trinajstić information content (AvgIpc) is 2.97. The maximum Gasteiger partial charge on any atom is 0.401 e. The molecule has 2 saturated carbocycles. The molecule has 2 aliphatic rings. The summed E-state index contributed by atoms with van der Waals surface area (Å²) in [4.78, 5) is 1.63. The lowest BCUT2D eigenvalue weighted by atomic mass is 9.86. The minimum absolute atomic E-state index is 0.176. The molecule has 0 heterocycles. The van der Waals surface area contributed by atoms with Crippen LogP contribution in [0.2, 0.25) is 0 Å². The lowest BCUT2D eigenvalue weighted by Crippen LogP contribution is -2.41. The van der Waals surface area contributed by atoms with Gasteiger partial charge in [-0.2, -0.15) is 13.2 Å². The Morgan fingerprint density at radius 3 is 2.35 bits per heavy atom. The summed E-state index contributed by atoms with van der Waals surface area (Å²) in [6, 6.07) is 0.371. The Bertz CT molecular complexity index is 251. The second-order valence-electron chi connectivity index (χ2n) is 5.57. The van der Waals surface area contributed by atoms with Crippen molar-refractivity contribution < 1.29 is 13.2 Å². The molecule has 0 aromatic rings. The monoisotopic (exact) mass is 250 g/mol.